The molecule has 2 nitrogen and oxygen atoms in total. The van der Waals surface area contributed by atoms with Gasteiger partial charge in [0.2, 0.25) is 0 Å². The van der Waals surface area contributed by atoms with Crippen LogP contribution >= 0.6 is 0 Å². The summed E-state index contributed by atoms with van der Waals surface area (Å²) in [6.45, 7) is 0. The maximum atomic E-state index is 5.16. The van der Waals surface area contributed by atoms with Gasteiger partial charge in [0.25, 0.3) is 0 Å². The van der Waals surface area contributed by atoms with E-state index in [1.54, 1.807) is 13.3 Å². The summed E-state index contributed by atoms with van der Waals surface area (Å²) >= 11 is 2.49. The number of ether oxygens (including phenoxy) is 1. The Morgan fingerprint density at radius 2 is 1.93 bits per heavy atom. The average Bonchev–Trinajstić information content (AvgIpc) is 2.30. The van der Waals surface area contributed by atoms with Crippen molar-refractivity contribution in [2.24, 2.45) is 0 Å². The zero-order valence-electron chi connectivity index (χ0n) is 8.34. The number of benzene rings is 1. The predicted octanol–water partition coefficient (Wildman–Crippen LogP) is 1.55. The summed E-state index contributed by atoms with van der Waals surface area (Å²) in [5.74, 6) is 0.801. The number of methoxy groups -OCH3 is 1. The molecule has 0 amide bonds. The summed E-state index contributed by atoms with van der Waals surface area (Å²) in [5.41, 5.74) is 2.08. The second-order valence-corrected chi connectivity index (χ2v) is 4.12. The van der Waals surface area contributed by atoms with E-state index in [4.69, 9.17) is 4.74 Å². The van der Waals surface area contributed by atoms with E-state index >= 15 is 0 Å². The molecule has 0 spiro atoms. The summed E-state index contributed by atoms with van der Waals surface area (Å²) in [5, 5.41) is 0. The second-order valence-electron chi connectivity index (χ2n) is 3.11. The van der Waals surface area contributed by atoms with Crippen molar-refractivity contribution in [3.05, 3.63) is 42.6 Å². The van der Waals surface area contributed by atoms with Gasteiger partial charge in [-0.1, -0.05) is 0 Å². The van der Waals surface area contributed by atoms with E-state index in [2.05, 4.69) is 21.8 Å². The number of hydrogen-bond acceptors (Lipinski definition) is 2. The van der Waals surface area contributed by atoms with Crippen LogP contribution < -0.4 is 9.09 Å². The minimum atomic E-state index is 0.801. The first-order valence-corrected chi connectivity index (χ1v) is 5.53. The van der Waals surface area contributed by atoms with E-state index < -0.39 is 0 Å². The van der Waals surface area contributed by atoms with Gasteiger partial charge < -0.3 is 0 Å². The molecular formula is C12H10AsNO. The van der Waals surface area contributed by atoms with Crippen LogP contribution in [0.3, 0.4) is 0 Å². The van der Waals surface area contributed by atoms with Crippen LogP contribution in [0.2, 0.25) is 0 Å². The zero-order valence-corrected chi connectivity index (χ0v) is 10.2. The third kappa shape index (κ3) is 2.21. The first-order valence-electron chi connectivity index (χ1n) is 4.59. The average molecular weight is 259 g/mol. The molecule has 0 unspecified atom stereocenters. The molecule has 2 rings (SSSR count). The minimum absolute atomic E-state index is 0.801. The third-order valence-electron chi connectivity index (χ3n) is 2.14. The standard InChI is InChI=1S/C12H10AsNO/c1-15-12-8-14-11(7-10(12)13)9-5-3-2-4-6-9/h2-8H,1H3. The van der Waals surface area contributed by atoms with Crippen molar-refractivity contribution in [2.75, 3.05) is 7.11 Å². The summed E-state index contributed by atoms with van der Waals surface area (Å²) in [6, 6.07) is 12.1. The Balaban J connectivity index is 2.43. The fourth-order valence-electron chi connectivity index (χ4n) is 1.36. The van der Waals surface area contributed by atoms with Crippen LogP contribution in [0.15, 0.2) is 42.6 Å². The van der Waals surface area contributed by atoms with Gasteiger partial charge in [0, 0.05) is 0 Å². The molecule has 2 radical (unpaired) electrons. The molecule has 0 N–H and O–H groups in total. The van der Waals surface area contributed by atoms with E-state index in [1.807, 2.05) is 36.4 Å². The van der Waals surface area contributed by atoms with E-state index in [0.717, 1.165) is 21.4 Å². The van der Waals surface area contributed by atoms with E-state index in [1.165, 1.54) is 0 Å². The fraction of sp³-hybridized carbons (Fsp3) is 0.0833. The van der Waals surface area contributed by atoms with Crippen LogP contribution in [0.5, 0.6) is 5.75 Å². The Hall–Kier alpha value is -1.27. The molecule has 2 aromatic rings. The van der Waals surface area contributed by atoms with Crippen molar-refractivity contribution >= 4 is 21.2 Å². The van der Waals surface area contributed by atoms with Crippen LogP contribution in [0.25, 0.3) is 11.3 Å². The molecule has 0 saturated heterocycles. The molecule has 0 saturated carbocycles. The van der Waals surface area contributed by atoms with Gasteiger partial charge in [-0.05, 0) is 0 Å². The van der Waals surface area contributed by atoms with Crippen molar-refractivity contribution in [1.29, 1.82) is 0 Å². The van der Waals surface area contributed by atoms with Crippen LogP contribution in [0.4, 0.5) is 0 Å². The Bertz CT molecular complexity index is 456. The van der Waals surface area contributed by atoms with Gasteiger partial charge in [-0.25, -0.2) is 0 Å². The molecule has 1 aromatic carbocycles. The number of pyridine rings is 1. The molecule has 3 heteroatoms. The summed E-state index contributed by atoms with van der Waals surface area (Å²) < 4.78 is 6.20. The van der Waals surface area contributed by atoms with E-state index in [-0.39, 0.29) is 0 Å². The molecule has 1 aromatic heterocycles. The molecule has 74 valence electrons. The third-order valence-corrected chi connectivity index (χ3v) is 2.87. The normalized spacial score (nSPS) is 10.0. The summed E-state index contributed by atoms with van der Waals surface area (Å²) in [4.78, 5) is 4.35. The van der Waals surface area contributed by atoms with Gasteiger partial charge in [-0.2, -0.15) is 0 Å². The van der Waals surface area contributed by atoms with Crippen molar-refractivity contribution in [1.82, 2.24) is 4.98 Å². The van der Waals surface area contributed by atoms with Gasteiger partial charge >= 0.3 is 97.6 Å². The van der Waals surface area contributed by atoms with Crippen LogP contribution in [-0.2, 0) is 0 Å². The molecule has 0 atom stereocenters. The van der Waals surface area contributed by atoms with Gasteiger partial charge in [-0.3, -0.25) is 0 Å². The fourth-order valence-corrected chi connectivity index (χ4v) is 1.93. The van der Waals surface area contributed by atoms with Gasteiger partial charge in [0.05, 0.1) is 0 Å². The number of hydrogen-bond donors (Lipinski definition) is 0. The number of aromatic nitrogens is 1. The zero-order chi connectivity index (χ0) is 10.7. The van der Waals surface area contributed by atoms with Gasteiger partial charge in [-0.15, -0.1) is 0 Å². The Kier molecular flexibility index (Phi) is 3.07. The molecule has 0 aliphatic rings. The van der Waals surface area contributed by atoms with Crippen molar-refractivity contribution < 1.29 is 4.74 Å². The molecule has 0 bridgehead atoms. The second kappa shape index (κ2) is 4.50. The van der Waals surface area contributed by atoms with Gasteiger partial charge in [0.15, 0.2) is 0 Å². The molecule has 0 aliphatic carbocycles. The maximum absolute atomic E-state index is 5.16. The Labute approximate surface area is 97.8 Å². The van der Waals surface area contributed by atoms with Crippen LogP contribution in [0, 0.1) is 0 Å². The van der Waals surface area contributed by atoms with Crippen molar-refractivity contribution in [2.45, 2.75) is 0 Å². The predicted molar refractivity (Wildman–Crippen MR) is 61.6 cm³/mol. The number of rotatable bonds is 2. The van der Waals surface area contributed by atoms with Crippen molar-refractivity contribution in [3.8, 4) is 17.0 Å². The Morgan fingerprint density at radius 3 is 2.53 bits per heavy atom. The van der Waals surface area contributed by atoms with Crippen LogP contribution in [0.1, 0.15) is 0 Å². The number of nitrogens with zero attached hydrogens (tertiary/aromatic N) is 1. The monoisotopic (exact) mass is 259 g/mol. The van der Waals surface area contributed by atoms with Crippen LogP contribution in [-0.4, -0.2) is 28.9 Å². The van der Waals surface area contributed by atoms with Gasteiger partial charge in [0.1, 0.15) is 0 Å². The first kappa shape index (κ1) is 10.3. The van der Waals surface area contributed by atoms with E-state index in [9.17, 15) is 0 Å². The molecular weight excluding hydrogens is 249 g/mol. The van der Waals surface area contributed by atoms with E-state index in [0.29, 0.717) is 0 Å². The Morgan fingerprint density at radius 1 is 1.20 bits per heavy atom. The SMILES string of the molecule is COc1cnc(-c2ccccc2)cc1[As]. The molecule has 0 aliphatic heterocycles. The topological polar surface area (TPSA) is 22.1 Å². The summed E-state index contributed by atoms with van der Waals surface area (Å²) in [6.07, 6.45) is 1.75. The quantitative estimate of drug-likeness (QED) is 0.763. The molecule has 1 heterocycles. The molecule has 15 heavy (non-hydrogen) atoms. The molecule has 0 fully saturated rings. The summed E-state index contributed by atoms with van der Waals surface area (Å²) in [7, 11) is 1.65. The first-order chi connectivity index (χ1) is 7.31. The van der Waals surface area contributed by atoms with Crippen molar-refractivity contribution in [3.63, 3.8) is 0 Å².